The van der Waals surface area contributed by atoms with Gasteiger partial charge in [0.25, 0.3) is 11.7 Å². The first-order chi connectivity index (χ1) is 11.9. The minimum atomic E-state index is -5.11. The highest BCUT2D eigenvalue weighted by molar-refractivity contribution is 9.11. The number of nitrogens with zero attached hydrogens (tertiary/aromatic N) is 3. The van der Waals surface area contributed by atoms with E-state index in [0.29, 0.717) is 8.95 Å². The van der Waals surface area contributed by atoms with Crippen LogP contribution in [0.1, 0.15) is 0 Å². The molecule has 0 bridgehead atoms. The third-order valence-electron chi connectivity index (χ3n) is 3.18. The number of rotatable bonds is 3. The van der Waals surface area contributed by atoms with Crippen molar-refractivity contribution in [3.63, 3.8) is 0 Å². The molecule has 0 spiro atoms. The fraction of sp³-hybridized carbons (Fsp3) is 0.154. The van der Waals surface area contributed by atoms with Crippen molar-refractivity contribution in [3.8, 4) is 0 Å². The van der Waals surface area contributed by atoms with Crippen molar-refractivity contribution in [1.82, 2.24) is 0 Å². The number of para-hydroxylation sites is 1. The monoisotopic (exact) mass is 517 g/mol. The lowest BCUT2D eigenvalue weighted by Crippen LogP contribution is -2.38. The highest BCUT2D eigenvalue weighted by Crippen LogP contribution is 2.40. The van der Waals surface area contributed by atoms with E-state index in [-0.39, 0.29) is 11.8 Å². The van der Waals surface area contributed by atoms with Gasteiger partial charge in [-0.15, -0.1) is 0 Å². The van der Waals surface area contributed by atoms with Crippen LogP contribution in [-0.4, -0.2) is 27.8 Å². The molecular formula is C13H5Br2ClF3N3O4. The zero-order valence-corrected chi connectivity index (χ0v) is 16.1. The Hall–Kier alpha value is -1.79. The second-order valence-corrected chi connectivity index (χ2v) is 6.92. The number of nitro groups is 2. The summed E-state index contributed by atoms with van der Waals surface area (Å²) in [7, 11) is 0. The zero-order chi connectivity index (χ0) is 19.8. The first-order valence-electron chi connectivity index (χ1n) is 6.44. The summed E-state index contributed by atoms with van der Waals surface area (Å²) in [5, 5.41) is 21.4. The summed E-state index contributed by atoms with van der Waals surface area (Å²) in [6.07, 6.45) is -4.96. The predicted octanol–water partition coefficient (Wildman–Crippen LogP) is 5.16. The molecule has 0 aromatic heterocycles. The molecular weight excluding hydrogens is 514 g/mol. The van der Waals surface area contributed by atoms with Gasteiger partial charge in [-0.05, 0) is 44.0 Å². The zero-order valence-electron chi connectivity index (χ0n) is 12.1. The maximum Gasteiger partial charge on any atom is 0.418 e. The van der Waals surface area contributed by atoms with Gasteiger partial charge in [-0.25, -0.2) is 4.99 Å². The van der Waals surface area contributed by atoms with Crippen molar-refractivity contribution in [3.05, 3.63) is 69.8 Å². The largest absolute Gasteiger partial charge is 0.418 e. The summed E-state index contributed by atoms with van der Waals surface area (Å²) >= 11 is 11.8. The van der Waals surface area contributed by atoms with Crippen molar-refractivity contribution in [1.29, 1.82) is 0 Å². The molecule has 0 heterocycles. The molecule has 0 N–H and O–H groups in total. The third-order valence-corrected chi connectivity index (χ3v) is 4.87. The van der Waals surface area contributed by atoms with E-state index in [1.807, 2.05) is 0 Å². The quantitative estimate of drug-likeness (QED) is 0.407. The Labute approximate surface area is 164 Å². The molecule has 1 aromatic carbocycles. The highest BCUT2D eigenvalue weighted by Gasteiger charge is 2.50. The fourth-order valence-corrected chi connectivity index (χ4v) is 3.60. The Morgan fingerprint density at radius 2 is 1.69 bits per heavy atom. The van der Waals surface area contributed by atoms with Gasteiger partial charge in [0.2, 0.25) is 0 Å². The van der Waals surface area contributed by atoms with Crippen molar-refractivity contribution < 1.29 is 23.0 Å². The lowest BCUT2D eigenvalue weighted by Gasteiger charge is -2.19. The van der Waals surface area contributed by atoms with Crippen molar-refractivity contribution in [2.75, 3.05) is 0 Å². The molecule has 0 aliphatic heterocycles. The van der Waals surface area contributed by atoms with Gasteiger partial charge >= 0.3 is 6.18 Å². The maximum atomic E-state index is 13.1. The Bertz CT molecular complexity index is 879. The van der Waals surface area contributed by atoms with Crippen LogP contribution in [0.4, 0.5) is 18.9 Å². The average molecular weight is 519 g/mol. The molecule has 0 saturated heterocycles. The number of aliphatic imine (C=N–C) groups is 1. The molecule has 138 valence electrons. The van der Waals surface area contributed by atoms with E-state index in [9.17, 15) is 33.4 Å². The van der Waals surface area contributed by atoms with E-state index in [1.165, 1.54) is 12.1 Å². The van der Waals surface area contributed by atoms with Gasteiger partial charge in [0, 0.05) is 19.9 Å². The Morgan fingerprint density at radius 1 is 1.15 bits per heavy atom. The van der Waals surface area contributed by atoms with Gasteiger partial charge in [-0.2, -0.15) is 13.2 Å². The van der Waals surface area contributed by atoms with Gasteiger partial charge in [0.15, 0.2) is 5.71 Å². The van der Waals surface area contributed by atoms with Crippen LogP contribution in [-0.2, 0) is 0 Å². The fourth-order valence-electron chi connectivity index (χ4n) is 2.08. The first kappa shape index (κ1) is 20.5. The lowest BCUT2D eigenvalue weighted by molar-refractivity contribution is -0.494. The van der Waals surface area contributed by atoms with E-state index in [1.54, 1.807) is 6.07 Å². The molecule has 13 heteroatoms. The van der Waals surface area contributed by atoms with Gasteiger partial charge in [-0.1, -0.05) is 17.7 Å². The molecule has 2 rings (SSSR count). The molecule has 0 saturated carbocycles. The van der Waals surface area contributed by atoms with Crippen molar-refractivity contribution >= 4 is 54.9 Å². The molecule has 0 fully saturated rings. The van der Waals surface area contributed by atoms with E-state index < -0.39 is 44.1 Å². The SMILES string of the molecule is O=[N+]([O-])C1=CC(C(F)(F)F)=C(Cl)C([N+](=O)[O-])C1=Nc1c(Br)cccc1Br. The minimum absolute atomic E-state index is 0.0297. The standard InChI is InChI=1S/C13H5Br2ClF3N3O4/c14-6-2-1-3-7(15)10(6)20-11-8(21(23)24)4-5(13(17,18)19)9(16)12(11)22(25)26/h1-4,12H. The van der Waals surface area contributed by atoms with Crippen LogP contribution in [0.15, 0.2) is 54.5 Å². The summed E-state index contributed by atoms with van der Waals surface area (Å²) < 4.78 is 39.8. The molecule has 1 aromatic rings. The van der Waals surface area contributed by atoms with Gasteiger partial charge in [-0.3, -0.25) is 20.2 Å². The number of halogens is 6. The molecule has 1 atom stereocenters. The van der Waals surface area contributed by atoms with Crippen LogP contribution in [0, 0.1) is 20.2 Å². The Balaban J connectivity index is 2.81. The van der Waals surface area contributed by atoms with Crippen LogP contribution in [0.5, 0.6) is 0 Å². The van der Waals surface area contributed by atoms with Crippen LogP contribution in [0.2, 0.25) is 0 Å². The lowest BCUT2D eigenvalue weighted by atomic mass is 9.97. The molecule has 7 nitrogen and oxygen atoms in total. The predicted molar refractivity (Wildman–Crippen MR) is 93.7 cm³/mol. The number of alkyl halides is 3. The molecule has 26 heavy (non-hydrogen) atoms. The normalized spacial score (nSPS) is 19.5. The van der Waals surface area contributed by atoms with Crippen molar-refractivity contribution in [2.45, 2.75) is 12.2 Å². The Kier molecular flexibility index (Phi) is 5.88. The first-order valence-corrected chi connectivity index (χ1v) is 8.41. The third kappa shape index (κ3) is 3.96. The summed E-state index contributed by atoms with van der Waals surface area (Å²) in [5.41, 5.74) is -3.60. The Morgan fingerprint density at radius 3 is 2.12 bits per heavy atom. The molecule has 0 radical (unpaired) electrons. The highest BCUT2D eigenvalue weighted by atomic mass is 79.9. The second kappa shape index (κ2) is 7.45. The number of hydrogen-bond donors (Lipinski definition) is 0. The van der Waals surface area contributed by atoms with E-state index in [0.717, 1.165) is 0 Å². The van der Waals surface area contributed by atoms with E-state index in [4.69, 9.17) is 11.6 Å². The number of benzene rings is 1. The minimum Gasteiger partial charge on any atom is -0.263 e. The van der Waals surface area contributed by atoms with E-state index >= 15 is 0 Å². The van der Waals surface area contributed by atoms with Gasteiger partial charge in [0.1, 0.15) is 5.03 Å². The summed E-state index contributed by atoms with van der Waals surface area (Å²) in [4.78, 5) is 24.1. The van der Waals surface area contributed by atoms with Crippen LogP contribution >= 0.6 is 43.5 Å². The molecule has 1 aliphatic carbocycles. The maximum absolute atomic E-state index is 13.1. The molecule has 0 amide bonds. The van der Waals surface area contributed by atoms with Crippen molar-refractivity contribution in [2.24, 2.45) is 4.99 Å². The summed E-state index contributed by atoms with van der Waals surface area (Å²) in [5.74, 6) is 0. The van der Waals surface area contributed by atoms with Crippen LogP contribution in [0.3, 0.4) is 0 Å². The van der Waals surface area contributed by atoms with Gasteiger partial charge < -0.3 is 0 Å². The second-order valence-electron chi connectivity index (χ2n) is 4.80. The summed E-state index contributed by atoms with van der Waals surface area (Å²) in [6.45, 7) is 0. The molecule has 1 unspecified atom stereocenters. The molecule has 1 aliphatic rings. The topological polar surface area (TPSA) is 98.6 Å². The summed E-state index contributed by atoms with van der Waals surface area (Å²) in [6, 6.07) is 2.25. The van der Waals surface area contributed by atoms with Crippen LogP contribution in [0.25, 0.3) is 0 Å². The van der Waals surface area contributed by atoms with E-state index in [2.05, 4.69) is 36.9 Å². The van der Waals surface area contributed by atoms with Crippen LogP contribution < -0.4 is 0 Å². The average Bonchev–Trinajstić information content (AvgIpc) is 2.49. The smallest absolute Gasteiger partial charge is 0.263 e. The number of allylic oxidation sites excluding steroid dienone is 2. The van der Waals surface area contributed by atoms with Gasteiger partial charge in [0.05, 0.1) is 16.2 Å². The number of hydrogen-bond acceptors (Lipinski definition) is 5.